The standard InChI is InChI=1S/C20H27FN3O3P/c1-3-16(27-2)23-18(22)13-8-14-11-24(19(26)17(14)15(25)9-13)10-12-4-6-20(21,28)7-5-12/h8-9,12,22,25H,3-7,10-11,28H2,1-2H3. The first-order valence-corrected chi connectivity index (χ1v) is 10.1. The number of fused-ring (bicyclic) bond motifs is 1. The summed E-state index contributed by atoms with van der Waals surface area (Å²) in [4.78, 5) is 18.6. The number of nitrogens with one attached hydrogen (secondary N) is 1. The number of aromatic hydroxyl groups is 1. The molecule has 1 aromatic carbocycles. The summed E-state index contributed by atoms with van der Waals surface area (Å²) in [6, 6.07) is 3.14. The second-order valence-electron chi connectivity index (χ2n) is 7.60. The van der Waals surface area contributed by atoms with Crippen molar-refractivity contribution < 1.29 is 19.0 Å². The predicted octanol–water partition coefficient (Wildman–Crippen LogP) is 3.86. The molecule has 0 bridgehead atoms. The van der Waals surface area contributed by atoms with Crippen molar-refractivity contribution in [1.29, 1.82) is 5.41 Å². The predicted molar refractivity (Wildman–Crippen MR) is 110 cm³/mol. The molecule has 1 fully saturated rings. The van der Waals surface area contributed by atoms with Crippen molar-refractivity contribution in [3.8, 4) is 5.75 Å². The number of amides is 1. The minimum Gasteiger partial charge on any atom is -0.507 e. The minimum atomic E-state index is -1.18. The molecule has 1 aliphatic carbocycles. The average molecular weight is 407 g/mol. The molecule has 2 aliphatic rings. The number of alkyl halides is 1. The van der Waals surface area contributed by atoms with Gasteiger partial charge in [0.05, 0.1) is 12.7 Å². The Morgan fingerprint density at radius 2 is 2.14 bits per heavy atom. The molecule has 1 atom stereocenters. The lowest BCUT2D eigenvalue weighted by molar-refractivity contribution is 0.0712. The second-order valence-corrected chi connectivity index (χ2v) is 8.64. The van der Waals surface area contributed by atoms with Gasteiger partial charge in [0, 0.05) is 25.1 Å². The molecule has 152 valence electrons. The Morgan fingerprint density at radius 3 is 2.75 bits per heavy atom. The van der Waals surface area contributed by atoms with Crippen LogP contribution in [0.25, 0.3) is 0 Å². The number of halogens is 1. The Hall–Kier alpha value is -2.01. The summed E-state index contributed by atoms with van der Waals surface area (Å²) in [7, 11) is 3.80. The summed E-state index contributed by atoms with van der Waals surface area (Å²) in [5.74, 6) is 0.337. The number of aliphatic imine (C=N–C) groups is 1. The van der Waals surface area contributed by atoms with E-state index in [4.69, 9.17) is 10.1 Å². The van der Waals surface area contributed by atoms with E-state index in [9.17, 15) is 14.3 Å². The number of phenolic OH excluding ortho intramolecular Hbond substituents is 1. The average Bonchev–Trinajstić information content (AvgIpc) is 2.97. The van der Waals surface area contributed by atoms with Gasteiger partial charge in [-0.1, -0.05) is 16.2 Å². The Bertz CT molecular complexity index is 809. The molecule has 0 spiro atoms. The van der Waals surface area contributed by atoms with Gasteiger partial charge < -0.3 is 14.7 Å². The maximum Gasteiger partial charge on any atom is 0.258 e. The zero-order valence-corrected chi connectivity index (χ0v) is 17.4. The first-order chi connectivity index (χ1) is 13.2. The molecule has 1 amide bonds. The largest absolute Gasteiger partial charge is 0.507 e. The fourth-order valence-corrected chi connectivity index (χ4v) is 4.22. The van der Waals surface area contributed by atoms with E-state index in [1.54, 1.807) is 11.0 Å². The number of carbonyl (C=O) groups excluding carboxylic acids is 1. The lowest BCUT2D eigenvalue weighted by Crippen LogP contribution is -2.33. The normalized spacial score (nSPS) is 25.0. The number of nitrogens with zero attached hydrogens (tertiary/aromatic N) is 2. The van der Waals surface area contributed by atoms with Crippen LogP contribution in [0.3, 0.4) is 0 Å². The quantitative estimate of drug-likeness (QED) is 0.451. The monoisotopic (exact) mass is 407 g/mol. The zero-order valence-electron chi connectivity index (χ0n) is 16.3. The van der Waals surface area contributed by atoms with E-state index in [1.165, 1.54) is 13.2 Å². The summed E-state index contributed by atoms with van der Waals surface area (Å²) in [5.41, 5.74) is 1.43. The molecule has 2 N–H and O–H groups in total. The molecule has 1 unspecified atom stereocenters. The van der Waals surface area contributed by atoms with Gasteiger partial charge in [-0.05, 0) is 49.3 Å². The van der Waals surface area contributed by atoms with Gasteiger partial charge >= 0.3 is 0 Å². The number of rotatable bonds is 4. The zero-order chi connectivity index (χ0) is 20.5. The highest BCUT2D eigenvalue weighted by Gasteiger charge is 2.36. The summed E-state index contributed by atoms with van der Waals surface area (Å²) in [5, 5.41) is 17.4. The summed E-state index contributed by atoms with van der Waals surface area (Å²) in [6.45, 7) is 2.82. The van der Waals surface area contributed by atoms with Crippen LogP contribution in [0, 0.1) is 11.3 Å². The van der Waals surface area contributed by atoms with Crippen LogP contribution < -0.4 is 0 Å². The van der Waals surface area contributed by atoms with E-state index >= 15 is 0 Å². The highest BCUT2D eigenvalue weighted by Crippen LogP contribution is 2.41. The van der Waals surface area contributed by atoms with E-state index in [0.29, 0.717) is 54.9 Å². The topological polar surface area (TPSA) is 86.0 Å². The molecule has 1 heterocycles. The van der Waals surface area contributed by atoms with E-state index in [0.717, 1.165) is 12.8 Å². The van der Waals surface area contributed by atoms with Crippen LogP contribution in [0.1, 0.15) is 60.5 Å². The molecule has 6 nitrogen and oxygen atoms in total. The van der Waals surface area contributed by atoms with Crippen LogP contribution in [-0.4, -0.2) is 46.7 Å². The highest BCUT2D eigenvalue weighted by molar-refractivity contribution is 7.18. The molecule has 0 aromatic heterocycles. The Kier molecular flexibility index (Phi) is 6.04. The molecular weight excluding hydrogens is 380 g/mol. The fraction of sp³-hybridized carbons (Fsp3) is 0.550. The van der Waals surface area contributed by atoms with Gasteiger partial charge in [-0.2, -0.15) is 4.99 Å². The van der Waals surface area contributed by atoms with Gasteiger partial charge in [0.2, 0.25) is 0 Å². The highest BCUT2D eigenvalue weighted by atomic mass is 31.0. The van der Waals surface area contributed by atoms with Crippen LogP contribution >= 0.6 is 9.24 Å². The molecule has 0 saturated heterocycles. The third kappa shape index (κ3) is 4.35. The Balaban J connectivity index is 1.75. The van der Waals surface area contributed by atoms with E-state index in [-0.39, 0.29) is 23.4 Å². The molecule has 3 rings (SSSR count). The van der Waals surface area contributed by atoms with Crippen molar-refractivity contribution in [3.63, 3.8) is 0 Å². The maximum absolute atomic E-state index is 14.0. The molecule has 1 aromatic rings. The number of ether oxygens (including phenoxy) is 1. The van der Waals surface area contributed by atoms with Gasteiger partial charge in [0.15, 0.2) is 11.7 Å². The van der Waals surface area contributed by atoms with Gasteiger partial charge in [0.25, 0.3) is 5.91 Å². The number of methoxy groups -OCH3 is 1. The summed E-state index contributed by atoms with van der Waals surface area (Å²) in [6.07, 6.45) is 3.02. The molecule has 28 heavy (non-hydrogen) atoms. The van der Waals surface area contributed by atoms with Crippen LogP contribution in [0.2, 0.25) is 0 Å². The third-order valence-corrected chi connectivity index (χ3v) is 6.10. The number of amidine groups is 1. The van der Waals surface area contributed by atoms with Crippen LogP contribution in [0.5, 0.6) is 5.75 Å². The van der Waals surface area contributed by atoms with Crippen LogP contribution in [-0.2, 0) is 11.3 Å². The van der Waals surface area contributed by atoms with Crippen molar-refractivity contribution in [2.45, 2.75) is 51.0 Å². The fourth-order valence-electron chi connectivity index (χ4n) is 3.89. The Labute approximate surface area is 166 Å². The Morgan fingerprint density at radius 1 is 1.46 bits per heavy atom. The molecule has 0 radical (unpaired) electrons. The van der Waals surface area contributed by atoms with Crippen molar-refractivity contribution in [1.82, 2.24) is 4.90 Å². The first kappa shape index (κ1) is 20.7. The molecule has 8 heteroatoms. The first-order valence-electron chi connectivity index (χ1n) is 9.57. The number of carbonyl (C=O) groups is 1. The van der Waals surface area contributed by atoms with Gasteiger partial charge in [0.1, 0.15) is 11.2 Å². The van der Waals surface area contributed by atoms with E-state index in [2.05, 4.69) is 14.2 Å². The molecule has 1 saturated carbocycles. The number of benzene rings is 1. The minimum absolute atomic E-state index is 0.0188. The van der Waals surface area contributed by atoms with Crippen molar-refractivity contribution in [2.24, 2.45) is 10.9 Å². The van der Waals surface area contributed by atoms with E-state index < -0.39 is 5.41 Å². The smallest absolute Gasteiger partial charge is 0.258 e. The number of phenols is 1. The van der Waals surface area contributed by atoms with Crippen LogP contribution in [0.4, 0.5) is 4.39 Å². The molecular formula is C20H27FN3O3P. The van der Waals surface area contributed by atoms with Crippen LogP contribution in [0.15, 0.2) is 17.1 Å². The van der Waals surface area contributed by atoms with Crippen molar-refractivity contribution in [3.05, 3.63) is 28.8 Å². The lowest BCUT2D eigenvalue weighted by atomic mass is 9.87. The summed E-state index contributed by atoms with van der Waals surface area (Å²) >= 11 is 0. The third-order valence-electron chi connectivity index (χ3n) is 5.52. The van der Waals surface area contributed by atoms with E-state index in [1.807, 2.05) is 6.92 Å². The van der Waals surface area contributed by atoms with Crippen molar-refractivity contribution in [2.75, 3.05) is 13.7 Å². The number of hydrogen-bond acceptors (Lipinski definition) is 4. The van der Waals surface area contributed by atoms with Gasteiger partial charge in [-0.3, -0.25) is 10.2 Å². The SMILES string of the molecule is CCC(=NC(=N)c1cc(O)c2c(c1)CN(CC1CCC(F)(P)CC1)C2=O)OC. The lowest BCUT2D eigenvalue weighted by Gasteiger charge is -2.33. The summed E-state index contributed by atoms with van der Waals surface area (Å²) < 4.78 is 19.1. The molecule has 1 aliphatic heterocycles. The second kappa shape index (κ2) is 8.16. The number of hydrogen-bond donors (Lipinski definition) is 2. The maximum atomic E-state index is 14.0. The van der Waals surface area contributed by atoms with Gasteiger partial charge in [-0.15, -0.1) is 0 Å². The van der Waals surface area contributed by atoms with Gasteiger partial charge in [-0.25, -0.2) is 4.39 Å². The van der Waals surface area contributed by atoms with Crippen molar-refractivity contribution >= 4 is 26.9 Å².